The SMILES string of the molecule is C=CC(=O)Nc1ccc(SCc2ccccc2)cc1C(N)=O. The highest BCUT2D eigenvalue weighted by molar-refractivity contribution is 7.98. The van der Waals surface area contributed by atoms with Crippen LogP contribution in [-0.4, -0.2) is 11.8 Å². The molecule has 3 N–H and O–H groups in total. The molecule has 0 atom stereocenters. The van der Waals surface area contributed by atoms with Crippen LogP contribution in [-0.2, 0) is 10.5 Å². The summed E-state index contributed by atoms with van der Waals surface area (Å²) in [6, 6.07) is 15.2. The molecule has 0 fully saturated rings. The highest BCUT2D eigenvalue weighted by Crippen LogP contribution is 2.27. The van der Waals surface area contributed by atoms with E-state index in [-0.39, 0.29) is 11.5 Å². The number of anilines is 1. The number of carbonyl (C=O) groups is 2. The molecule has 112 valence electrons. The van der Waals surface area contributed by atoms with Crippen molar-refractivity contribution in [3.8, 4) is 0 Å². The molecule has 5 heteroatoms. The van der Waals surface area contributed by atoms with Crippen LogP contribution in [0.2, 0.25) is 0 Å². The Morgan fingerprint density at radius 1 is 1.18 bits per heavy atom. The minimum Gasteiger partial charge on any atom is -0.366 e. The normalized spacial score (nSPS) is 10.0. The Bertz CT molecular complexity index is 699. The first-order chi connectivity index (χ1) is 10.6. The summed E-state index contributed by atoms with van der Waals surface area (Å²) >= 11 is 1.60. The first-order valence-electron chi connectivity index (χ1n) is 6.64. The summed E-state index contributed by atoms with van der Waals surface area (Å²) in [7, 11) is 0. The van der Waals surface area contributed by atoms with Crippen LogP contribution in [0.25, 0.3) is 0 Å². The summed E-state index contributed by atoms with van der Waals surface area (Å²) < 4.78 is 0. The first-order valence-corrected chi connectivity index (χ1v) is 7.62. The van der Waals surface area contributed by atoms with E-state index in [2.05, 4.69) is 11.9 Å². The van der Waals surface area contributed by atoms with E-state index in [9.17, 15) is 9.59 Å². The number of amides is 2. The van der Waals surface area contributed by atoms with E-state index in [1.165, 1.54) is 5.56 Å². The van der Waals surface area contributed by atoms with Crippen molar-refractivity contribution in [3.05, 3.63) is 72.3 Å². The Morgan fingerprint density at radius 2 is 1.91 bits per heavy atom. The van der Waals surface area contributed by atoms with Gasteiger partial charge in [-0.2, -0.15) is 0 Å². The Balaban J connectivity index is 2.16. The standard InChI is InChI=1S/C17H16N2O2S/c1-2-16(20)19-15-9-8-13(10-14(15)17(18)21)22-11-12-6-4-3-5-7-12/h2-10H,1,11H2,(H2,18,21)(H,19,20). The van der Waals surface area contributed by atoms with Gasteiger partial charge in [-0.3, -0.25) is 9.59 Å². The average Bonchev–Trinajstić information content (AvgIpc) is 2.54. The summed E-state index contributed by atoms with van der Waals surface area (Å²) in [5.41, 5.74) is 7.25. The van der Waals surface area contributed by atoms with Crippen LogP contribution < -0.4 is 11.1 Å². The molecule has 0 unspecified atom stereocenters. The van der Waals surface area contributed by atoms with Crippen molar-refractivity contribution in [2.75, 3.05) is 5.32 Å². The average molecular weight is 312 g/mol. The van der Waals surface area contributed by atoms with E-state index >= 15 is 0 Å². The van der Waals surface area contributed by atoms with Crippen molar-refractivity contribution in [1.29, 1.82) is 0 Å². The number of benzene rings is 2. The number of primary amides is 1. The zero-order valence-electron chi connectivity index (χ0n) is 11.9. The molecule has 2 rings (SSSR count). The maximum atomic E-state index is 11.6. The number of hydrogen-bond acceptors (Lipinski definition) is 3. The van der Waals surface area contributed by atoms with Crippen molar-refractivity contribution < 1.29 is 9.59 Å². The predicted octanol–water partition coefficient (Wildman–Crippen LogP) is 3.20. The number of hydrogen-bond donors (Lipinski definition) is 2. The van der Waals surface area contributed by atoms with Crippen molar-refractivity contribution in [1.82, 2.24) is 0 Å². The van der Waals surface area contributed by atoms with E-state index < -0.39 is 5.91 Å². The lowest BCUT2D eigenvalue weighted by Crippen LogP contribution is -2.16. The molecule has 2 aromatic carbocycles. The van der Waals surface area contributed by atoms with Gasteiger partial charge < -0.3 is 11.1 Å². The maximum Gasteiger partial charge on any atom is 0.250 e. The summed E-state index contributed by atoms with van der Waals surface area (Å²) in [6.45, 7) is 3.38. The van der Waals surface area contributed by atoms with Gasteiger partial charge in [0.2, 0.25) is 5.91 Å². The number of nitrogens with two attached hydrogens (primary N) is 1. The molecule has 0 saturated carbocycles. The quantitative estimate of drug-likeness (QED) is 0.635. The van der Waals surface area contributed by atoms with Crippen LogP contribution >= 0.6 is 11.8 Å². The van der Waals surface area contributed by atoms with Gasteiger partial charge in [0.25, 0.3) is 5.91 Å². The van der Waals surface area contributed by atoms with Crippen molar-refractivity contribution in [3.63, 3.8) is 0 Å². The summed E-state index contributed by atoms with van der Waals surface area (Å²) in [5.74, 6) is -0.175. The van der Waals surface area contributed by atoms with E-state index in [1.54, 1.807) is 23.9 Å². The second kappa shape index (κ2) is 7.47. The lowest BCUT2D eigenvalue weighted by atomic mass is 10.1. The molecule has 0 aliphatic heterocycles. The summed E-state index contributed by atoms with van der Waals surface area (Å²) in [6.07, 6.45) is 1.14. The fraction of sp³-hybridized carbons (Fsp3) is 0.0588. The van der Waals surface area contributed by atoms with Gasteiger partial charge in [0.15, 0.2) is 0 Å². The van der Waals surface area contributed by atoms with Gasteiger partial charge >= 0.3 is 0 Å². The third kappa shape index (κ3) is 4.23. The molecule has 0 aliphatic rings. The molecule has 0 radical (unpaired) electrons. The van der Waals surface area contributed by atoms with Crippen molar-refractivity contribution >= 4 is 29.3 Å². The third-order valence-corrected chi connectivity index (χ3v) is 4.01. The summed E-state index contributed by atoms with van der Waals surface area (Å²) in [4.78, 5) is 23.8. The molecule has 0 bridgehead atoms. The van der Waals surface area contributed by atoms with Crippen LogP contribution in [0.15, 0.2) is 66.1 Å². The Hall–Kier alpha value is -2.53. The molecule has 0 aromatic heterocycles. The minimum atomic E-state index is -0.582. The van der Waals surface area contributed by atoms with Crippen LogP contribution in [0.4, 0.5) is 5.69 Å². The summed E-state index contributed by atoms with van der Waals surface area (Å²) in [5, 5.41) is 2.58. The van der Waals surface area contributed by atoms with Crippen LogP contribution in [0.5, 0.6) is 0 Å². The smallest absolute Gasteiger partial charge is 0.250 e. The van der Waals surface area contributed by atoms with Crippen molar-refractivity contribution in [2.45, 2.75) is 10.6 Å². The zero-order chi connectivity index (χ0) is 15.9. The Labute approximate surface area is 133 Å². The Morgan fingerprint density at radius 3 is 2.55 bits per heavy atom. The maximum absolute atomic E-state index is 11.6. The molecule has 22 heavy (non-hydrogen) atoms. The van der Waals surface area contributed by atoms with E-state index in [4.69, 9.17) is 5.73 Å². The van der Waals surface area contributed by atoms with E-state index in [0.717, 1.165) is 16.7 Å². The second-order valence-corrected chi connectivity index (χ2v) is 5.59. The molecular formula is C17H16N2O2S. The lowest BCUT2D eigenvalue weighted by molar-refractivity contribution is -0.111. The Kier molecular flexibility index (Phi) is 5.38. The fourth-order valence-electron chi connectivity index (χ4n) is 1.85. The molecule has 0 aliphatic carbocycles. The predicted molar refractivity (Wildman–Crippen MR) is 89.8 cm³/mol. The van der Waals surface area contributed by atoms with Crippen molar-refractivity contribution in [2.24, 2.45) is 5.73 Å². The second-order valence-electron chi connectivity index (χ2n) is 4.54. The molecular weight excluding hydrogens is 296 g/mol. The van der Waals surface area contributed by atoms with Crippen LogP contribution in [0, 0.1) is 0 Å². The van der Waals surface area contributed by atoms with Crippen LogP contribution in [0.3, 0.4) is 0 Å². The third-order valence-electron chi connectivity index (χ3n) is 2.95. The topological polar surface area (TPSA) is 72.2 Å². The molecule has 2 amide bonds. The first kappa shape index (κ1) is 15.9. The largest absolute Gasteiger partial charge is 0.366 e. The van der Waals surface area contributed by atoms with Gasteiger partial charge in [-0.1, -0.05) is 36.9 Å². The number of thioether (sulfide) groups is 1. The molecule has 0 spiro atoms. The molecule has 0 heterocycles. The molecule has 4 nitrogen and oxygen atoms in total. The van der Waals surface area contributed by atoms with E-state index in [0.29, 0.717) is 5.69 Å². The van der Waals surface area contributed by atoms with Gasteiger partial charge in [0.05, 0.1) is 11.3 Å². The van der Waals surface area contributed by atoms with Gasteiger partial charge in [-0.15, -0.1) is 11.8 Å². The van der Waals surface area contributed by atoms with Crippen LogP contribution in [0.1, 0.15) is 15.9 Å². The van der Waals surface area contributed by atoms with Gasteiger partial charge in [0, 0.05) is 10.6 Å². The fourth-order valence-corrected chi connectivity index (χ4v) is 2.74. The number of carbonyl (C=O) groups excluding carboxylic acids is 2. The van der Waals surface area contributed by atoms with E-state index in [1.807, 2.05) is 36.4 Å². The van der Waals surface area contributed by atoms with Gasteiger partial charge in [0.1, 0.15) is 0 Å². The monoisotopic (exact) mass is 312 g/mol. The molecule has 0 saturated heterocycles. The molecule has 2 aromatic rings. The number of nitrogens with one attached hydrogen (secondary N) is 1. The lowest BCUT2D eigenvalue weighted by Gasteiger charge is -2.10. The number of rotatable bonds is 6. The highest BCUT2D eigenvalue weighted by atomic mass is 32.2. The highest BCUT2D eigenvalue weighted by Gasteiger charge is 2.11. The van der Waals surface area contributed by atoms with Gasteiger partial charge in [-0.25, -0.2) is 0 Å². The van der Waals surface area contributed by atoms with Gasteiger partial charge in [-0.05, 0) is 29.8 Å². The zero-order valence-corrected chi connectivity index (χ0v) is 12.7. The minimum absolute atomic E-state index is 0.285.